The second-order valence-corrected chi connectivity index (χ2v) is 6.35. The molecular weight excluding hydrogens is 290 g/mol. The number of benzene rings is 1. The first-order valence-corrected chi connectivity index (χ1v) is 8.20. The van der Waals surface area contributed by atoms with Gasteiger partial charge >= 0.3 is 0 Å². The van der Waals surface area contributed by atoms with E-state index in [-0.39, 0.29) is 11.8 Å². The molecule has 1 aliphatic carbocycles. The zero-order valence-electron chi connectivity index (χ0n) is 13.5. The maximum atomic E-state index is 12.7. The van der Waals surface area contributed by atoms with Crippen LogP contribution in [-0.4, -0.2) is 34.4 Å². The first-order chi connectivity index (χ1) is 11.1. The molecule has 23 heavy (non-hydrogen) atoms. The molecule has 2 aromatic rings. The Labute approximate surface area is 136 Å². The molecule has 0 atom stereocenters. The predicted octanol–water partition coefficient (Wildman–Crippen LogP) is 2.53. The quantitative estimate of drug-likeness (QED) is 0.921. The maximum absolute atomic E-state index is 12.7. The average molecular weight is 313 g/mol. The van der Waals surface area contributed by atoms with Gasteiger partial charge in [0.05, 0.1) is 0 Å². The monoisotopic (exact) mass is 313 g/mol. The first-order valence-electron chi connectivity index (χ1n) is 8.20. The minimum absolute atomic E-state index is 0.0867. The van der Waals surface area contributed by atoms with Crippen molar-refractivity contribution in [3.63, 3.8) is 0 Å². The molecule has 1 aromatic carbocycles. The van der Waals surface area contributed by atoms with Crippen molar-refractivity contribution >= 4 is 22.7 Å². The van der Waals surface area contributed by atoms with Crippen molar-refractivity contribution in [3.05, 3.63) is 36.0 Å². The van der Waals surface area contributed by atoms with E-state index in [4.69, 9.17) is 5.73 Å². The van der Waals surface area contributed by atoms with Gasteiger partial charge in [-0.15, -0.1) is 0 Å². The smallest absolute Gasteiger partial charge is 0.253 e. The zero-order valence-corrected chi connectivity index (χ0v) is 13.5. The first kappa shape index (κ1) is 15.6. The standard InChI is InChI=1S/C18H23N3O2/c1-20(15-4-2-3-5-15)18(23)14-6-7-16-13(12-14)8-10-21(16)11-9-17(19)22/h6-8,10,12,15H,2-5,9,11H2,1H3,(H2,19,22). The van der Waals surface area contributed by atoms with Gasteiger partial charge in [0.1, 0.15) is 0 Å². The van der Waals surface area contributed by atoms with Gasteiger partial charge in [-0.1, -0.05) is 12.8 Å². The maximum Gasteiger partial charge on any atom is 0.253 e. The largest absolute Gasteiger partial charge is 0.370 e. The molecule has 0 bridgehead atoms. The fourth-order valence-electron chi connectivity index (χ4n) is 3.42. The number of carbonyl (C=O) groups is 2. The van der Waals surface area contributed by atoms with Gasteiger partial charge < -0.3 is 15.2 Å². The normalized spacial score (nSPS) is 15.2. The van der Waals surface area contributed by atoms with Crippen LogP contribution in [0, 0.1) is 0 Å². The minimum Gasteiger partial charge on any atom is -0.370 e. The van der Waals surface area contributed by atoms with Crippen molar-refractivity contribution in [3.8, 4) is 0 Å². The molecule has 2 N–H and O–H groups in total. The molecule has 1 heterocycles. The van der Waals surface area contributed by atoms with Gasteiger partial charge in [0.25, 0.3) is 5.91 Å². The van der Waals surface area contributed by atoms with Crippen molar-refractivity contribution < 1.29 is 9.59 Å². The topological polar surface area (TPSA) is 68.3 Å². The zero-order chi connectivity index (χ0) is 16.4. The summed E-state index contributed by atoms with van der Waals surface area (Å²) < 4.78 is 2.00. The lowest BCUT2D eigenvalue weighted by Crippen LogP contribution is -2.35. The Hall–Kier alpha value is -2.30. The number of nitrogens with zero attached hydrogens (tertiary/aromatic N) is 2. The van der Waals surface area contributed by atoms with Crippen LogP contribution in [0.3, 0.4) is 0 Å². The lowest BCUT2D eigenvalue weighted by Gasteiger charge is -2.24. The molecule has 0 saturated heterocycles. The van der Waals surface area contributed by atoms with Crippen LogP contribution in [-0.2, 0) is 11.3 Å². The number of fused-ring (bicyclic) bond motifs is 1. The van der Waals surface area contributed by atoms with Crippen LogP contribution in [0.25, 0.3) is 10.9 Å². The summed E-state index contributed by atoms with van der Waals surface area (Å²) in [5.74, 6) is -0.222. The third-order valence-electron chi connectivity index (χ3n) is 4.81. The summed E-state index contributed by atoms with van der Waals surface area (Å²) in [6.07, 6.45) is 6.88. The third kappa shape index (κ3) is 3.23. The highest BCUT2D eigenvalue weighted by molar-refractivity contribution is 5.98. The number of rotatable bonds is 5. The van der Waals surface area contributed by atoms with Crippen LogP contribution in [0.2, 0.25) is 0 Å². The molecule has 122 valence electrons. The van der Waals surface area contributed by atoms with Crippen molar-refractivity contribution in [1.82, 2.24) is 9.47 Å². The van der Waals surface area contributed by atoms with E-state index in [2.05, 4.69) is 0 Å². The van der Waals surface area contributed by atoms with Gasteiger partial charge in [0.2, 0.25) is 5.91 Å². The second kappa shape index (κ2) is 6.44. The second-order valence-electron chi connectivity index (χ2n) is 6.35. The molecule has 3 rings (SSSR count). The Morgan fingerprint density at radius 1 is 1.26 bits per heavy atom. The van der Waals surface area contributed by atoms with Gasteiger partial charge in [-0.3, -0.25) is 9.59 Å². The van der Waals surface area contributed by atoms with Gasteiger partial charge in [-0.2, -0.15) is 0 Å². The van der Waals surface area contributed by atoms with Crippen molar-refractivity contribution in [2.24, 2.45) is 5.73 Å². The molecule has 0 radical (unpaired) electrons. The van der Waals surface area contributed by atoms with Crippen LogP contribution in [0.4, 0.5) is 0 Å². The molecule has 1 aliphatic rings. The van der Waals surface area contributed by atoms with E-state index in [1.165, 1.54) is 12.8 Å². The Morgan fingerprint density at radius 2 is 2.00 bits per heavy atom. The third-order valence-corrected chi connectivity index (χ3v) is 4.81. The predicted molar refractivity (Wildman–Crippen MR) is 90.1 cm³/mol. The molecule has 0 unspecified atom stereocenters. The van der Waals surface area contributed by atoms with Gasteiger partial charge in [-0.25, -0.2) is 0 Å². The van der Waals surface area contributed by atoms with Crippen molar-refractivity contribution in [1.29, 1.82) is 0 Å². The molecule has 1 fully saturated rings. The summed E-state index contributed by atoms with van der Waals surface area (Å²) in [6.45, 7) is 0.564. The van der Waals surface area contributed by atoms with Gasteiger partial charge in [0, 0.05) is 48.7 Å². The number of nitrogens with two attached hydrogens (primary N) is 1. The summed E-state index contributed by atoms with van der Waals surface area (Å²) in [5.41, 5.74) is 6.95. The molecule has 5 heteroatoms. The average Bonchev–Trinajstić information content (AvgIpc) is 3.20. The highest BCUT2D eigenvalue weighted by Crippen LogP contribution is 2.25. The molecule has 2 amide bonds. The Morgan fingerprint density at radius 3 is 2.70 bits per heavy atom. The number of amides is 2. The summed E-state index contributed by atoms with van der Waals surface area (Å²) in [4.78, 5) is 25.5. The lowest BCUT2D eigenvalue weighted by molar-refractivity contribution is -0.118. The summed E-state index contributed by atoms with van der Waals surface area (Å²) >= 11 is 0. The Balaban J connectivity index is 1.80. The van der Waals surface area contributed by atoms with Crippen molar-refractivity contribution in [2.75, 3.05) is 7.05 Å². The van der Waals surface area contributed by atoms with E-state index in [1.54, 1.807) is 0 Å². The molecule has 1 aromatic heterocycles. The van der Waals surface area contributed by atoms with Crippen LogP contribution >= 0.6 is 0 Å². The highest BCUT2D eigenvalue weighted by Gasteiger charge is 2.24. The molecule has 0 aliphatic heterocycles. The van der Waals surface area contributed by atoms with Gasteiger partial charge in [0.15, 0.2) is 0 Å². The van der Waals surface area contributed by atoms with E-state index in [1.807, 2.05) is 47.0 Å². The fourth-order valence-corrected chi connectivity index (χ4v) is 3.42. The SMILES string of the molecule is CN(C(=O)c1ccc2c(ccn2CCC(N)=O)c1)C1CCCC1. The number of primary amides is 1. The van der Waals surface area contributed by atoms with Gasteiger partial charge in [-0.05, 0) is 37.1 Å². The Kier molecular flexibility index (Phi) is 4.37. The van der Waals surface area contributed by atoms with E-state index in [0.717, 1.165) is 29.3 Å². The highest BCUT2D eigenvalue weighted by atomic mass is 16.2. The van der Waals surface area contributed by atoms with Crippen LogP contribution in [0.1, 0.15) is 42.5 Å². The van der Waals surface area contributed by atoms with Crippen LogP contribution < -0.4 is 5.73 Å². The van der Waals surface area contributed by atoms with E-state index in [9.17, 15) is 9.59 Å². The molecule has 1 saturated carbocycles. The number of hydrogen-bond donors (Lipinski definition) is 1. The summed E-state index contributed by atoms with van der Waals surface area (Å²) in [6, 6.07) is 8.11. The van der Waals surface area contributed by atoms with Crippen LogP contribution in [0.5, 0.6) is 0 Å². The minimum atomic E-state index is -0.308. The molecule has 0 spiro atoms. The lowest BCUT2D eigenvalue weighted by atomic mass is 10.1. The van der Waals surface area contributed by atoms with Crippen molar-refractivity contribution in [2.45, 2.75) is 44.7 Å². The molecular formula is C18H23N3O2. The van der Waals surface area contributed by atoms with E-state index < -0.39 is 0 Å². The summed E-state index contributed by atoms with van der Waals surface area (Å²) in [7, 11) is 1.90. The van der Waals surface area contributed by atoms with E-state index in [0.29, 0.717) is 19.0 Å². The summed E-state index contributed by atoms with van der Waals surface area (Å²) in [5, 5.41) is 1.01. The molecule has 5 nitrogen and oxygen atoms in total. The van der Waals surface area contributed by atoms with Crippen LogP contribution in [0.15, 0.2) is 30.5 Å². The number of aromatic nitrogens is 1. The fraction of sp³-hybridized carbons (Fsp3) is 0.444. The Bertz CT molecular complexity index is 729. The van der Waals surface area contributed by atoms with E-state index >= 15 is 0 Å². The number of aryl methyl sites for hydroxylation is 1. The number of carbonyl (C=O) groups excluding carboxylic acids is 2. The number of hydrogen-bond acceptors (Lipinski definition) is 2.